The molecule has 0 aliphatic carbocycles. The molecule has 5 nitrogen and oxygen atoms in total. The number of aromatic nitrogens is 1. The van der Waals surface area contributed by atoms with Gasteiger partial charge in [-0.05, 0) is 37.1 Å². The number of hydrogen-bond acceptors (Lipinski definition) is 4. The van der Waals surface area contributed by atoms with Gasteiger partial charge in [0, 0.05) is 50.4 Å². The van der Waals surface area contributed by atoms with Crippen LogP contribution < -0.4 is 4.74 Å². The number of fused-ring (bicyclic) bond motifs is 1. The van der Waals surface area contributed by atoms with Crippen LogP contribution in [0.1, 0.15) is 30.9 Å². The summed E-state index contributed by atoms with van der Waals surface area (Å²) < 4.78 is 6.44. The lowest BCUT2D eigenvalue weighted by Crippen LogP contribution is -2.46. The van der Waals surface area contributed by atoms with Gasteiger partial charge in [-0.15, -0.1) is 0 Å². The van der Waals surface area contributed by atoms with E-state index in [9.17, 15) is 4.79 Å². The van der Waals surface area contributed by atoms with Crippen LogP contribution >= 0.6 is 0 Å². The highest BCUT2D eigenvalue weighted by atomic mass is 16.5. The molecule has 5 heteroatoms. The fraction of sp³-hybridized carbons (Fsp3) is 0.455. The maximum absolute atomic E-state index is 12.1. The maximum Gasteiger partial charge on any atom is 0.219 e. The van der Waals surface area contributed by atoms with Crippen LogP contribution in [0.3, 0.4) is 0 Å². The van der Waals surface area contributed by atoms with Crippen molar-refractivity contribution >= 4 is 5.91 Å². The Labute approximate surface area is 161 Å². The van der Waals surface area contributed by atoms with Gasteiger partial charge in [0.05, 0.1) is 6.54 Å². The summed E-state index contributed by atoms with van der Waals surface area (Å²) in [5.74, 6) is 1.46. The minimum atomic E-state index is 0.0363. The van der Waals surface area contributed by atoms with Gasteiger partial charge in [0.25, 0.3) is 0 Å². The Hall–Kier alpha value is -2.40. The van der Waals surface area contributed by atoms with E-state index in [1.807, 2.05) is 41.6 Å². The number of pyridine rings is 1. The van der Waals surface area contributed by atoms with E-state index in [0.29, 0.717) is 19.0 Å². The lowest BCUT2D eigenvalue weighted by atomic mass is 9.91. The molecule has 3 heterocycles. The number of hydrogen-bond donors (Lipinski definition) is 0. The molecule has 27 heavy (non-hydrogen) atoms. The molecular formula is C22H27N3O2. The van der Waals surface area contributed by atoms with E-state index in [1.54, 1.807) is 6.92 Å². The molecule has 2 atom stereocenters. The highest BCUT2D eigenvalue weighted by Crippen LogP contribution is 2.30. The third-order valence-corrected chi connectivity index (χ3v) is 5.65. The third-order valence-electron chi connectivity index (χ3n) is 5.65. The van der Waals surface area contributed by atoms with Crippen molar-refractivity contribution < 1.29 is 9.53 Å². The van der Waals surface area contributed by atoms with Gasteiger partial charge in [0.2, 0.25) is 5.91 Å². The number of rotatable bonds is 3. The normalized spacial score (nSPS) is 23.2. The van der Waals surface area contributed by atoms with E-state index in [0.717, 1.165) is 43.8 Å². The second-order valence-corrected chi connectivity index (χ2v) is 7.66. The van der Waals surface area contributed by atoms with Gasteiger partial charge in [0.15, 0.2) is 0 Å². The molecule has 0 saturated carbocycles. The summed E-state index contributed by atoms with van der Waals surface area (Å²) in [7, 11) is 0. The number of carbonyl (C=O) groups is 1. The van der Waals surface area contributed by atoms with E-state index in [1.165, 1.54) is 5.56 Å². The second-order valence-electron chi connectivity index (χ2n) is 7.66. The molecule has 0 radical (unpaired) electrons. The summed E-state index contributed by atoms with van der Waals surface area (Å²) in [4.78, 5) is 20.8. The van der Waals surface area contributed by atoms with Crippen molar-refractivity contribution in [3.8, 4) is 5.75 Å². The maximum atomic E-state index is 12.1. The monoisotopic (exact) mass is 365 g/mol. The average molecular weight is 365 g/mol. The van der Waals surface area contributed by atoms with Gasteiger partial charge in [-0.2, -0.15) is 0 Å². The summed E-state index contributed by atoms with van der Waals surface area (Å²) in [5.41, 5.74) is 2.34. The van der Waals surface area contributed by atoms with E-state index >= 15 is 0 Å². The van der Waals surface area contributed by atoms with Crippen molar-refractivity contribution in [1.82, 2.24) is 14.8 Å². The van der Waals surface area contributed by atoms with Gasteiger partial charge in [-0.3, -0.25) is 14.7 Å². The number of amides is 1. The lowest BCUT2D eigenvalue weighted by molar-refractivity contribution is -0.130. The van der Waals surface area contributed by atoms with Crippen molar-refractivity contribution in [3.63, 3.8) is 0 Å². The molecular weight excluding hydrogens is 338 g/mol. The van der Waals surface area contributed by atoms with Gasteiger partial charge in [-0.25, -0.2) is 0 Å². The van der Waals surface area contributed by atoms with Crippen molar-refractivity contribution in [2.24, 2.45) is 5.92 Å². The molecule has 1 aromatic carbocycles. The second kappa shape index (κ2) is 8.09. The molecule has 1 aromatic heterocycles. The molecule has 142 valence electrons. The molecule has 0 unspecified atom stereocenters. The van der Waals surface area contributed by atoms with Crippen molar-refractivity contribution in [2.45, 2.75) is 39.0 Å². The van der Waals surface area contributed by atoms with Gasteiger partial charge in [0.1, 0.15) is 11.9 Å². The first-order chi connectivity index (χ1) is 13.2. The quantitative estimate of drug-likeness (QED) is 0.838. The van der Waals surface area contributed by atoms with E-state index in [4.69, 9.17) is 4.74 Å². The molecule has 1 saturated heterocycles. The van der Waals surface area contributed by atoms with Crippen LogP contribution in [-0.4, -0.2) is 46.4 Å². The topological polar surface area (TPSA) is 45.7 Å². The number of piperidine rings is 1. The lowest BCUT2D eigenvalue weighted by Gasteiger charge is -2.37. The van der Waals surface area contributed by atoms with Gasteiger partial charge < -0.3 is 9.64 Å². The summed E-state index contributed by atoms with van der Waals surface area (Å²) in [5, 5.41) is 0. The fourth-order valence-corrected chi connectivity index (χ4v) is 4.21. The molecule has 2 aliphatic heterocycles. The largest absolute Gasteiger partial charge is 0.488 e. The molecule has 2 aliphatic rings. The van der Waals surface area contributed by atoms with E-state index in [2.05, 4.69) is 22.0 Å². The first kappa shape index (κ1) is 18.0. The number of para-hydroxylation sites is 1. The number of ether oxygens (including phenoxy) is 1. The molecule has 0 N–H and O–H groups in total. The summed E-state index contributed by atoms with van der Waals surface area (Å²) in [6, 6.07) is 12.2. The summed E-state index contributed by atoms with van der Waals surface area (Å²) in [6.07, 6.45) is 6.10. The fourth-order valence-electron chi connectivity index (χ4n) is 4.21. The number of carbonyl (C=O) groups excluding carboxylic acids is 1. The van der Waals surface area contributed by atoms with Gasteiger partial charge >= 0.3 is 0 Å². The molecule has 1 amide bonds. The van der Waals surface area contributed by atoms with Crippen LogP contribution in [0, 0.1) is 5.92 Å². The van der Waals surface area contributed by atoms with Crippen LogP contribution in [0.4, 0.5) is 0 Å². The SMILES string of the molecule is CC(=O)N1Cc2ccccc2O[C@H]([C@H]2CCCN(Cc3cccnc3)C2)C1. The van der Waals surface area contributed by atoms with Crippen molar-refractivity contribution in [1.29, 1.82) is 0 Å². The third kappa shape index (κ3) is 4.30. The predicted octanol–water partition coefficient (Wildman–Crippen LogP) is 3.10. The smallest absolute Gasteiger partial charge is 0.219 e. The standard InChI is InChI=1S/C22H27N3O2/c1-17(26)25-15-20-7-2-3-9-21(20)27-22(16-25)19-8-5-11-24(14-19)13-18-6-4-10-23-12-18/h2-4,6-7,9-10,12,19,22H,5,8,11,13-16H2,1H3/t19-,22-/m0/s1. The molecule has 0 spiro atoms. The Morgan fingerprint density at radius 3 is 2.93 bits per heavy atom. The first-order valence-electron chi connectivity index (χ1n) is 9.80. The highest BCUT2D eigenvalue weighted by Gasteiger charge is 2.33. The summed E-state index contributed by atoms with van der Waals surface area (Å²) >= 11 is 0. The average Bonchev–Trinajstić information content (AvgIpc) is 2.89. The van der Waals surface area contributed by atoms with Crippen LogP contribution in [0.25, 0.3) is 0 Å². The first-order valence-corrected chi connectivity index (χ1v) is 9.80. The van der Waals surface area contributed by atoms with Crippen molar-refractivity contribution in [2.75, 3.05) is 19.6 Å². The number of likely N-dealkylation sites (tertiary alicyclic amines) is 1. The predicted molar refractivity (Wildman–Crippen MR) is 104 cm³/mol. The Bertz CT molecular complexity index is 780. The zero-order valence-electron chi connectivity index (χ0n) is 15.9. The van der Waals surface area contributed by atoms with Crippen LogP contribution in [0.5, 0.6) is 5.75 Å². The molecule has 1 fully saturated rings. The van der Waals surface area contributed by atoms with Crippen molar-refractivity contribution in [3.05, 3.63) is 59.9 Å². The Balaban J connectivity index is 1.50. The molecule has 4 rings (SSSR count). The zero-order valence-corrected chi connectivity index (χ0v) is 15.9. The molecule has 0 bridgehead atoms. The summed E-state index contributed by atoms with van der Waals surface area (Å²) in [6.45, 7) is 5.97. The Morgan fingerprint density at radius 1 is 1.22 bits per heavy atom. The Morgan fingerprint density at radius 2 is 2.11 bits per heavy atom. The number of benzene rings is 1. The molecule has 2 aromatic rings. The number of nitrogens with zero attached hydrogens (tertiary/aromatic N) is 3. The van der Waals surface area contributed by atoms with Crippen LogP contribution in [0.2, 0.25) is 0 Å². The Kier molecular flexibility index (Phi) is 5.39. The zero-order chi connectivity index (χ0) is 18.6. The van der Waals surface area contributed by atoms with Gasteiger partial charge in [-0.1, -0.05) is 24.3 Å². The van der Waals surface area contributed by atoms with Crippen LogP contribution in [0.15, 0.2) is 48.8 Å². The van der Waals surface area contributed by atoms with Crippen LogP contribution in [-0.2, 0) is 17.9 Å². The van der Waals surface area contributed by atoms with E-state index < -0.39 is 0 Å². The minimum Gasteiger partial charge on any atom is -0.488 e. The van der Waals surface area contributed by atoms with E-state index in [-0.39, 0.29) is 12.0 Å². The minimum absolute atomic E-state index is 0.0363. The highest BCUT2D eigenvalue weighted by molar-refractivity contribution is 5.73.